The van der Waals surface area contributed by atoms with Gasteiger partial charge < -0.3 is 15.0 Å². The number of benzene rings is 1. The summed E-state index contributed by atoms with van der Waals surface area (Å²) in [5, 5.41) is 5.76. The summed E-state index contributed by atoms with van der Waals surface area (Å²) >= 11 is 1.55. The van der Waals surface area contributed by atoms with E-state index in [2.05, 4.69) is 10.3 Å². The molecule has 2 amide bonds. The average Bonchev–Trinajstić information content (AvgIpc) is 2.91. The second kappa shape index (κ2) is 7.08. The van der Waals surface area contributed by atoms with E-state index in [9.17, 15) is 4.79 Å². The van der Waals surface area contributed by atoms with Gasteiger partial charge in [0.05, 0.1) is 13.7 Å². The van der Waals surface area contributed by atoms with Crippen LogP contribution >= 0.6 is 11.3 Å². The SMILES string of the molecule is COc1ccc(CN(C)C(=O)NCc2nc(C)cs2)cc1. The van der Waals surface area contributed by atoms with Crippen LogP contribution in [0.1, 0.15) is 16.3 Å². The number of nitrogens with zero attached hydrogens (tertiary/aromatic N) is 2. The fourth-order valence-electron chi connectivity index (χ4n) is 1.85. The maximum atomic E-state index is 12.0. The van der Waals surface area contributed by atoms with Gasteiger partial charge in [0.1, 0.15) is 10.8 Å². The Morgan fingerprint density at radius 3 is 2.67 bits per heavy atom. The van der Waals surface area contributed by atoms with E-state index < -0.39 is 0 Å². The van der Waals surface area contributed by atoms with Crippen LogP contribution in [0.2, 0.25) is 0 Å². The van der Waals surface area contributed by atoms with Crippen molar-refractivity contribution >= 4 is 17.4 Å². The second-order valence-electron chi connectivity index (χ2n) is 4.75. The molecule has 2 rings (SSSR count). The molecule has 1 aromatic heterocycles. The van der Waals surface area contributed by atoms with Gasteiger partial charge in [-0.2, -0.15) is 0 Å². The third-order valence-electron chi connectivity index (χ3n) is 2.98. The summed E-state index contributed by atoms with van der Waals surface area (Å²) in [6, 6.07) is 7.57. The first kappa shape index (κ1) is 15.3. The number of urea groups is 1. The molecule has 0 aliphatic heterocycles. The number of carbonyl (C=O) groups is 1. The molecule has 0 spiro atoms. The molecular formula is C15H19N3O2S. The molecule has 0 radical (unpaired) electrons. The van der Waals surface area contributed by atoms with E-state index in [0.29, 0.717) is 13.1 Å². The first-order chi connectivity index (χ1) is 10.1. The highest BCUT2D eigenvalue weighted by atomic mass is 32.1. The summed E-state index contributed by atoms with van der Waals surface area (Å²) in [7, 11) is 3.40. The Balaban J connectivity index is 1.83. The molecule has 1 N–H and O–H groups in total. The van der Waals surface area contributed by atoms with Crippen LogP contribution in [0.5, 0.6) is 5.75 Å². The fourth-order valence-corrected chi connectivity index (χ4v) is 2.56. The molecule has 0 aliphatic carbocycles. The predicted molar refractivity (Wildman–Crippen MR) is 83.5 cm³/mol. The standard InChI is InChI=1S/C15H19N3O2S/c1-11-10-21-14(17-11)8-16-15(19)18(2)9-12-4-6-13(20-3)7-5-12/h4-7,10H,8-9H2,1-3H3,(H,16,19). The Labute approximate surface area is 128 Å². The van der Waals surface area contributed by atoms with Crippen molar-refractivity contribution in [2.24, 2.45) is 0 Å². The van der Waals surface area contributed by atoms with Gasteiger partial charge in [0.25, 0.3) is 0 Å². The molecule has 0 unspecified atom stereocenters. The number of aryl methyl sites for hydroxylation is 1. The lowest BCUT2D eigenvalue weighted by atomic mass is 10.2. The zero-order valence-corrected chi connectivity index (χ0v) is 13.2. The van der Waals surface area contributed by atoms with Crippen LogP contribution in [-0.4, -0.2) is 30.1 Å². The number of hydrogen-bond donors (Lipinski definition) is 1. The number of amides is 2. The van der Waals surface area contributed by atoms with Crippen molar-refractivity contribution < 1.29 is 9.53 Å². The van der Waals surface area contributed by atoms with Crippen molar-refractivity contribution in [3.8, 4) is 5.75 Å². The van der Waals surface area contributed by atoms with Gasteiger partial charge in [0.2, 0.25) is 0 Å². The van der Waals surface area contributed by atoms with Crippen LogP contribution in [0.25, 0.3) is 0 Å². The normalized spacial score (nSPS) is 10.2. The van der Waals surface area contributed by atoms with E-state index in [0.717, 1.165) is 22.0 Å². The second-order valence-corrected chi connectivity index (χ2v) is 5.69. The molecule has 0 saturated heterocycles. The van der Waals surface area contributed by atoms with Crippen LogP contribution in [0.3, 0.4) is 0 Å². The quantitative estimate of drug-likeness (QED) is 0.924. The number of methoxy groups -OCH3 is 1. The summed E-state index contributed by atoms with van der Waals surface area (Å²) in [4.78, 5) is 18.0. The number of aromatic nitrogens is 1. The lowest BCUT2D eigenvalue weighted by Gasteiger charge is -2.17. The smallest absolute Gasteiger partial charge is 0.317 e. The van der Waals surface area contributed by atoms with Gasteiger partial charge in [-0.15, -0.1) is 11.3 Å². The summed E-state index contributed by atoms with van der Waals surface area (Å²) < 4.78 is 5.11. The Bertz CT molecular complexity index is 595. The molecular weight excluding hydrogens is 286 g/mol. The first-order valence-corrected chi connectivity index (χ1v) is 7.49. The highest BCUT2D eigenvalue weighted by Gasteiger charge is 2.09. The van der Waals surface area contributed by atoms with Crippen LogP contribution in [0.4, 0.5) is 4.79 Å². The minimum absolute atomic E-state index is 0.112. The van der Waals surface area contributed by atoms with Crippen LogP contribution in [0.15, 0.2) is 29.6 Å². The molecule has 2 aromatic rings. The van der Waals surface area contributed by atoms with Gasteiger partial charge in [-0.05, 0) is 24.6 Å². The zero-order valence-electron chi connectivity index (χ0n) is 12.4. The molecule has 0 aliphatic rings. The van der Waals surface area contributed by atoms with Gasteiger partial charge >= 0.3 is 6.03 Å². The maximum absolute atomic E-state index is 12.0. The lowest BCUT2D eigenvalue weighted by Crippen LogP contribution is -2.36. The van der Waals surface area contributed by atoms with Crippen LogP contribution in [0, 0.1) is 6.92 Å². The van der Waals surface area contributed by atoms with E-state index in [1.54, 1.807) is 30.4 Å². The number of hydrogen-bond acceptors (Lipinski definition) is 4. The zero-order chi connectivity index (χ0) is 15.2. The summed E-state index contributed by atoms with van der Waals surface area (Å²) in [5.74, 6) is 0.810. The Hall–Kier alpha value is -2.08. The minimum atomic E-state index is -0.112. The van der Waals surface area contributed by atoms with Crippen LogP contribution < -0.4 is 10.1 Å². The van der Waals surface area contributed by atoms with Crippen LogP contribution in [-0.2, 0) is 13.1 Å². The molecule has 1 heterocycles. The molecule has 0 fully saturated rings. The summed E-state index contributed by atoms with van der Waals surface area (Å²) in [6.07, 6.45) is 0. The number of ether oxygens (including phenoxy) is 1. The molecule has 0 bridgehead atoms. The lowest BCUT2D eigenvalue weighted by molar-refractivity contribution is 0.206. The Morgan fingerprint density at radius 1 is 1.38 bits per heavy atom. The molecule has 21 heavy (non-hydrogen) atoms. The third kappa shape index (κ3) is 4.46. The van der Waals surface area contributed by atoms with E-state index >= 15 is 0 Å². The Morgan fingerprint density at radius 2 is 2.10 bits per heavy atom. The van der Waals surface area contributed by atoms with Crippen molar-refractivity contribution in [2.75, 3.05) is 14.2 Å². The van der Waals surface area contributed by atoms with Crippen molar-refractivity contribution in [1.82, 2.24) is 15.2 Å². The molecule has 5 nitrogen and oxygen atoms in total. The minimum Gasteiger partial charge on any atom is -0.497 e. The van der Waals surface area contributed by atoms with E-state index in [-0.39, 0.29) is 6.03 Å². The van der Waals surface area contributed by atoms with Crippen molar-refractivity contribution in [3.63, 3.8) is 0 Å². The highest BCUT2D eigenvalue weighted by Crippen LogP contribution is 2.13. The van der Waals surface area contributed by atoms with E-state index in [4.69, 9.17) is 4.74 Å². The van der Waals surface area contributed by atoms with Gasteiger partial charge in [-0.1, -0.05) is 12.1 Å². The largest absolute Gasteiger partial charge is 0.497 e. The maximum Gasteiger partial charge on any atom is 0.317 e. The van der Waals surface area contributed by atoms with Crippen molar-refractivity contribution in [2.45, 2.75) is 20.0 Å². The van der Waals surface area contributed by atoms with E-state index in [1.165, 1.54) is 0 Å². The van der Waals surface area contributed by atoms with Crippen molar-refractivity contribution in [3.05, 3.63) is 45.9 Å². The van der Waals surface area contributed by atoms with E-state index in [1.807, 2.05) is 36.6 Å². The van der Waals surface area contributed by atoms with Crippen molar-refractivity contribution in [1.29, 1.82) is 0 Å². The summed E-state index contributed by atoms with van der Waals surface area (Å²) in [6.45, 7) is 2.95. The number of rotatable bonds is 5. The first-order valence-electron chi connectivity index (χ1n) is 6.61. The molecule has 0 atom stereocenters. The molecule has 0 saturated carbocycles. The van der Waals surface area contributed by atoms with Gasteiger partial charge in [-0.25, -0.2) is 9.78 Å². The van der Waals surface area contributed by atoms with Gasteiger partial charge in [-0.3, -0.25) is 0 Å². The van der Waals surface area contributed by atoms with Gasteiger partial charge in [0.15, 0.2) is 0 Å². The molecule has 6 heteroatoms. The number of nitrogens with one attached hydrogen (secondary N) is 1. The average molecular weight is 305 g/mol. The monoisotopic (exact) mass is 305 g/mol. The predicted octanol–water partition coefficient (Wildman–Crippen LogP) is 2.80. The third-order valence-corrected chi connectivity index (χ3v) is 3.95. The number of carbonyl (C=O) groups excluding carboxylic acids is 1. The molecule has 112 valence electrons. The highest BCUT2D eigenvalue weighted by molar-refractivity contribution is 7.09. The topological polar surface area (TPSA) is 54.5 Å². The molecule has 1 aromatic carbocycles. The summed E-state index contributed by atoms with van der Waals surface area (Å²) in [5.41, 5.74) is 2.04. The Kier molecular flexibility index (Phi) is 5.16. The number of thiazole rings is 1. The van der Waals surface area contributed by atoms with Gasteiger partial charge in [0, 0.05) is 24.7 Å². The fraction of sp³-hybridized carbons (Fsp3) is 0.333.